The number of rotatable bonds is 4. The van der Waals surface area contributed by atoms with E-state index in [9.17, 15) is 4.79 Å². The molecular formula is C8H13NOS. The summed E-state index contributed by atoms with van der Waals surface area (Å²) in [5, 5.41) is 12.2. The number of thiocyanates is 1. The second kappa shape index (κ2) is 5.09. The molecule has 0 aliphatic carbocycles. The van der Waals surface area contributed by atoms with Crippen molar-refractivity contribution >= 4 is 23.0 Å². The van der Waals surface area contributed by atoms with Crippen LogP contribution in [0, 0.1) is 16.1 Å². The molecule has 0 heterocycles. The largest absolute Gasteiger partial charge is 0.303 e. The van der Waals surface area contributed by atoms with Crippen molar-refractivity contribution in [1.29, 1.82) is 5.26 Å². The van der Waals surface area contributed by atoms with E-state index in [1.807, 2.05) is 24.6 Å². The minimum atomic E-state index is 0.0121. The minimum absolute atomic E-state index is 0.0121. The maximum Gasteiger partial charge on any atom is 0.123 e. The van der Waals surface area contributed by atoms with Crippen LogP contribution in [-0.2, 0) is 4.79 Å². The molecule has 0 rings (SSSR count). The number of hydrogen-bond donors (Lipinski definition) is 1. The van der Waals surface area contributed by atoms with Crippen molar-refractivity contribution in [1.82, 2.24) is 0 Å². The molecule has 0 bridgehead atoms. The second-order valence-corrected chi connectivity index (χ2v) is 3.77. The van der Waals surface area contributed by atoms with Crippen LogP contribution in [0.2, 0.25) is 0 Å². The van der Waals surface area contributed by atoms with E-state index in [0.29, 0.717) is 17.8 Å². The Balaban J connectivity index is 3.90. The highest BCUT2D eigenvalue weighted by atomic mass is 32.1. The summed E-state index contributed by atoms with van der Waals surface area (Å²) in [7, 11) is 0. The highest BCUT2D eigenvalue weighted by Gasteiger charge is 2.12. The predicted molar refractivity (Wildman–Crippen MR) is 49.7 cm³/mol. The number of carbonyl (C=O) groups excluding carboxylic acids is 1. The van der Waals surface area contributed by atoms with Gasteiger partial charge in [0.2, 0.25) is 0 Å². The molecular weight excluding hydrogens is 158 g/mol. The lowest BCUT2D eigenvalue weighted by atomic mass is 9.91. The zero-order valence-corrected chi connectivity index (χ0v) is 7.77. The smallest absolute Gasteiger partial charge is 0.123 e. The quantitative estimate of drug-likeness (QED) is 0.303. The normalized spacial score (nSPS) is 12.1. The molecule has 0 aromatic rings. The summed E-state index contributed by atoms with van der Waals surface area (Å²) in [5.41, 5.74) is 0.0121. The molecule has 3 heteroatoms. The molecule has 11 heavy (non-hydrogen) atoms. The molecule has 0 unspecified atom stereocenters. The van der Waals surface area contributed by atoms with Crippen LogP contribution in [0.15, 0.2) is 0 Å². The van der Waals surface area contributed by atoms with E-state index >= 15 is 0 Å². The zero-order valence-electron chi connectivity index (χ0n) is 6.87. The second-order valence-electron chi connectivity index (χ2n) is 3.05. The van der Waals surface area contributed by atoms with Gasteiger partial charge in [0.05, 0.1) is 0 Å². The average Bonchev–Trinajstić information content (AvgIpc) is 1.97. The van der Waals surface area contributed by atoms with Crippen molar-refractivity contribution in [2.24, 2.45) is 5.41 Å². The van der Waals surface area contributed by atoms with Gasteiger partial charge in [-0.15, -0.1) is 11.4 Å². The van der Waals surface area contributed by atoms with Crippen LogP contribution in [0.25, 0.3) is 0 Å². The molecule has 0 fully saturated rings. The lowest BCUT2D eigenvalue weighted by molar-refractivity contribution is -0.108. The summed E-state index contributed by atoms with van der Waals surface area (Å²) in [6.07, 6.45) is 2.31. The maximum atomic E-state index is 10.0. The monoisotopic (exact) mass is 171 g/mol. The van der Waals surface area contributed by atoms with E-state index in [1.165, 1.54) is 0 Å². The van der Waals surface area contributed by atoms with Gasteiger partial charge in [-0.1, -0.05) is 13.8 Å². The number of hydrogen-bond acceptors (Lipinski definition) is 2. The van der Waals surface area contributed by atoms with E-state index in [2.05, 4.69) is 0 Å². The van der Waals surface area contributed by atoms with Crippen LogP contribution in [0.1, 0.15) is 26.7 Å². The number of nitrogens with zero attached hydrogens (tertiary/aromatic N) is 1. The number of nitriles is 1. The molecule has 0 saturated heterocycles. The summed E-state index contributed by atoms with van der Waals surface area (Å²) in [4.78, 5) is 10.0. The van der Waals surface area contributed by atoms with Gasteiger partial charge in [-0.05, 0) is 17.2 Å². The first-order chi connectivity index (χ1) is 5.12. The Morgan fingerprint density at radius 2 is 2.27 bits per heavy atom. The van der Waals surface area contributed by atoms with Gasteiger partial charge in [0.1, 0.15) is 11.7 Å². The van der Waals surface area contributed by atoms with Gasteiger partial charge in [0.15, 0.2) is 0 Å². The number of thiol groups is 1. The predicted octanol–water partition coefficient (Wildman–Crippen LogP) is 1.74. The third-order valence-electron chi connectivity index (χ3n) is 1.38. The molecule has 0 atom stereocenters. The van der Waals surface area contributed by atoms with Crippen molar-refractivity contribution in [3.05, 3.63) is 0 Å². The van der Waals surface area contributed by atoms with Gasteiger partial charge in [0, 0.05) is 6.42 Å². The Kier molecular flexibility index (Phi) is 4.80. The average molecular weight is 171 g/mol. The molecule has 0 radical (unpaired) electrons. The van der Waals surface area contributed by atoms with E-state index in [1.54, 1.807) is 0 Å². The molecule has 62 valence electrons. The fourth-order valence-corrected chi connectivity index (χ4v) is 1.24. The van der Waals surface area contributed by atoms with Crippen LogP contribution in [0.4, 0.5) is 0 Å². The van der Waals surface area contributed by atoms with Crippen LogP contribution in [-0.4, -0.2) is 11.7 Å². The molecule has 0 aromatic carbocycles. The lowest BCUT2D eigenvalue weighted by Crippen LogP contribution is -2.11. The first kappa shape index (κ1) is 10.4. The van der Waals surface area contributed by atoms with Crippen molar-refractivity contribution in [3.63, 3.8) is 0 Å². The first-order valence-electron chi connectivity index (χ1n) is 3.49. The Labute approximate surface area is 71.2 Å². The Morgan fingerprint density at radius 3 is 2.73 bits per heavy atom. The summed E-state index contributed by atoms with van der Waals surface area (Å²) in [6.45, 7) is 4.06. The fourth-order valence-electron chi connectivity index (χ4n) is 0.699. The van der Waals surface area contributed by atoms with Gasteiger partial charge in [-0.3, -0.25) is 0 Å². The minimum Gasteiger partial charge on any atom is -0.303 e. The van der Waals surface area contributed by atoms with Gasteiger partial charge in [-0.2, -0.15) is 5.26 Å². The van der Waals surface area contributed by atoms with Crippen LogP contribution >= 0.6 is 11.4 Å². The standard InChI is InChI=1S/C8H13NOS/c1-8(2,4-3-5-10)6-11-7-9/h5-6,11H,3-4H2,1-2H3. The molecule has 0 N–H and O–H groups in total. The molecule has 0 aliphatic heterocycles. The summed E-state index contributed by atoms with van der Waals surface area (Å²) < 4.78 is 0. The summed E-state index contributed by atoms with van der Waals surface area (Å²) in [6, 6.07) is 0. The zero-order chi connectivity index (χ0) is 8.74. The lowest BCUT2D eigenvalue weighted by Gasteiger charge is -2.16. The first-order valence-corrected chi connectivity index (χ1v) is 4.46. The van der Waals surface area contributed by atoms with Gasteiger partial charge >= 0.3 is 0 Å². The fraction of sp³-hybridized carbons (Fsp3) is 0.625. The van der Waals surface area contributed by atoms with Crippen molar-refractivity contribution < 1.29 is 4.79 Å². The number of aldehydes is 1. The topological polar surface area (TPSA) is 40.9 Å². The van der Waals surface area contributed by atoms with Crippen LogP contribution < -0.4 is 0 Å². The SMILES string of the molecule is CC(C)(C=[SH]C#N)CCC=O. The van der Waals surface area contributed by atoms with E-state index < -0.39 is 0 Å². The van der Waals surface area contributed by atoms with Crippen molar-refractivity contribution in [3.8, 4) is 5.40 Å². The van der Waals surface area contributed by atoms with Crippen molar-refractivity contribution in [2.75, 3.05) is 0 Å². The van der Waals surface area contributed by atoms with E-state index in [0.717, 1.165) is 12.7 Å². The van der Waals surface area contributed by atoms with Crippen molar-refractivity contribution in [2.45, 2.75) is 26.7 Å². The highest BCUT2D eigenvalue weighted by molar-refractivity contribution is 8.01. The molecule has 2 nitrogen and oxygen atoms in total. The van der Waals surface area contributed by atoms with E-state index in [4.69, 9.17) is 5.26 Å². The van der Waals surface area contributed by atoms with Crippen LogP contribution in [0.5, 0.6) is 0 Å². The summed E-state index contributed by atoms with van der Waals surface area (Å²) >= 11 is 0.686. The Morgan fingerprint density at radius 1 is 1.64 bits per heavy atom. The van der Waals surface area contributed by atoms with Gasteiger partial charge in [-0.25, -0.2) is 0 Å². The van der Waals surface area contributed by atoms with E-state index in [-0.39, 0.29) is 5.41 Å². The molecule has 0 spiro atoms. The highest BCUT2D eigenvalue weighted by Crippen LogP contribution is 2.19. The third-order valence-corrected chi connectivity index (χ3v) is 2.32. The maximum absolute atomic E-state index is 10.0. The summed E-state index contributed by atoms with van der Waals surface area (Å²) in [5.74, 6) is 0. The van der Waals surface area contributed by atoms with Gasteiger partial charge in [0.25, 0.3) is 0 Å². The molecule has 0 aliphatic rings. The molecule has 0 saturated carbocycles. The Hall–Kier alpha value is -0.620. The molecule has 0 aromatic heterocycles. The third kappa shape index (κ3) is 5.81. The Bertz CT molecular complexity index is 191. The van der Waals surface area contributed by atoms with Crippen LogP contribution in [0.3, 0.4) is 0 Å². The number of carbonyl (C=O) groups is 1. The van der Waals surface area contributed by atoms with Gasteiger partial charge < -0.3 is 4.79 Å². The molecule has 0 amide bonds.